The van der Waals surface area contributed by atoms with E-state index >= 15 is 0 Å². The van der Waals surface area contributed by atoms with Gasteiger partial charge in [-0.3, -0.25) is 0 Å². The molecule has 0 bridgehead atoms. The molecule has 19 atom stereocenters. The zero-order chi connectivity index (χ0) is 54.9. The third kappa shape index (κ3) is 12.2. The summed E-state index contributed by atoms with van der Waals surface area (Å²) < 4.78 is 46.0. The lowest BCUT2D eigenvalue weighted by Crippen LogP contribution is -2.68. The number of rotatable bonds is 19. The molecule has 1 saturated carbocycles. The van der Waals surface area contributed by atoms with Crippen LogP contribution in [0.2, 0.25) is 0 Å². The number of hydrogen-bond acceptors (Lipinski definition) is 26. The van der Waals surface area contributed by atoms with E-state index in [-0.39, 0.29) is 26.1 Å². The quantitative estimate of drug-likeness (QED) is 0.0366. The number of imidazole rings is 1. The molecule has 0 unspecified atom stereocenters. The Morgan fingerprint density at radius 1 is 0.641 bits per heavy atom. The second-order valence-corrected chi connectivity index (χ2v) is 20.9. The van der Waals surface area contributed by atoms with Crippen molar-refractivity contribution in [2.24, 2.45) is 34.4 Å². The number of fused-ring (bicyclic) bond motifs is 1. The number of nitrogens with one attached hydrogen (secondary N) is 1. The zero-order valence-electron chi connectivity index (χ0n) is 43.2. The van der Waals surface area contributed by atoms with Crippen molar-refractivity contribution in [2.75, 3.05) is 57.8 Å². The number of likely N-dealkylation sites (N-methyl/N-ethyl adjacent to an activating group) is 1. The van der Waals surface area contributed by atoms with Gasteiger partial charge in [-0.25, -0.2) is 14.3 Å². The van der Waals surface area contributed by atoms with Gasteiger partial charge in [0.25, 0.3) is 0 Å². The molecular weight excluding hydrogens is 1020 g/mol. The van der Waals surface area contributed by atoms with Crippen molar-refractivity contribution in [1.29, 1.82) is 0 Å². The van der Waals surface area contributed by atoms with E-state index in [1.807, 2.05) is 30.5 Å². The van der Waals surface area contributed by atoms with Crippen molar-refractivity contribution >= 4 is 16.7 Å². The van der Waals surface area contributed by atoms with Crippen molar-refractivity contribution in [2.45, 2.75) is 149 Å². The molecule has 428 valence electrons. The fraction of sp³-hybridized carbons (Fsp3) is 0.653. The number of aryl methyl sites for hydroxylation is 2. The molecule has 5 aliphatic rings. The molecule has 7 heterocycles. The summed E-state index contributed by atoms with van der Waals surface area (Å²) in [5, 5.41) is 83.1. The van der Waals surface area contributed by atoms with Gasteiger partial charge in [-0.2, -0.15) is 0 Å². The van der Waals surface area contributed by atoms with Crippen LogP contribution >= 0.6 is 0 Å². The number of aromatic amines is 1. The first-order valence-electron chi connectivity index (χ1n) is 26.4. The van der Waals surface area contributed by atoms with Gasteiger partial charge in [0.2, 0.25) is 0 Å². The number of H-pyrrole nitrogens is 1. The molecule has 29 heteroatoms. The van der Waals surface area contributed by atoms with Gasteiger partial charge in [-0.15, -0.1) is 10.2 Å². The molecule has 0 spiro atoms. The molecule has 4 aliphatic heterocycles. The highest BCUT2D eigenvalue weighted by molar-refractivity contribution is 5.83. The number of hydrogen-bond donors (Lipinski definition) is 13. The third-order valence-corrected chi connectivity index (χ3v) is 15.4. The normalized spacial score (nSPS) is 35.9. The molecule has 1 aliphatic carbocycles. The summed E-state index contributed by atoms with van der Waals surface area (Å²) in [6.07, 6.45) is -15.7. The average Bonchev–Trinajstić information content (AvgIpc) is 4.28. The first-order chi connectivity index (χ1) is 37.5. The van der Waals surface area contributed by atoms with Crippen LogP contribution in [0.3, 0.4) is 0 Å². The van der Waals surface area contributed by atoms with E-state index in [0.29, 0.717) is 37.4 Å². The highest BCUT2D eigenvalue weighted by Gasteiger charge is 2.54. The van der Waals surface area contributed by atoms with Crippen molar-refractivity contribution in [1.82, 2.24) is 44.9 Å². The highest BCUT2D eigenvalue weighted by Crippen LogP contribution is 2.35. The van der Waals surface area contributed by atoms with Crippen molar-refractivity contribution < 1.29 is 63.8 Å². The Hall–Kier alpha value is -4.97. The molecule has 5 fully saturated rings. The summed E-state index contributed by atoms with van der Waals surface area (Å²) in [6.45, 7) is 4.44. The summed E-state index contributed by atoms with van der Waals surface area (Å²) in [6, 6.07) is 9.82. The fourth-order valence-electron chi connectivity index (χ4n) is 10.6. The average molecular weight is 1100 g/mol. The molecule has 5 aromatic rings. The second kappa shape index (κ2) is 24.4. The lowest BCUT2D eigenvalue weighted by Gasteiger charge is -2.47. The maximum atomic E-state index is 11.9. The lowest BCUT2D eigenvalue weighted by molar-refractivity contribution is -0.306. The van der Waals surface area contributed by atoms with Gasteiger partial charge in [-0.1, -0.05) is 10.4 Å². The predicted octanol–water partition coefficient (Wildman–Crippen LogP) is -5.85. The number of anilines is 1. The SMILES string of the molecule is CN1CCN(c2ccc3nc(-c4ccc(OCCn5cc(CCc6cn(C[C@H]7O[C@@H](O[C@@H]8[C@@H](O)[C@H](N)C[C@H](N)[C@H]8O[C@H]8O[C@H](CN)[C@@H](O)[C@H](O)[C@H]8N)[C@H](O)[C@@H]7O[C@H]7O[C@@H](CN)[C@@H](O)[C@H](O)[C@H]7N)nn6)nn5)cc4)[nH]c3c2)CC1. The molecule has 2 aromatic carbocycles. The maximum Gasteiger partial charge on any atom is 0.187 e. The Morgan fingerprint density at radius 3 is 1.87 bits per heavy atom. The summed E-state index contributed by atoms with van der Waals surface area (Å²) in [7, 11) is 2.15. The number of ether oxygens (including phenoxy) is 7. The number of benzene rings is 2. The molecule has 3 aromatic heterocycles. The van der Waals surface area contributed by atoms with E-state index in [0.717, 1.165) is 54.3 Å². The molecule has 19 N–H and O–H groups in total. The summed E-state index contributed by atoms with van der Waals surface area (Å²) in [5.41, 5.74) is 42.3. The molecule has 4 saturated heterocycles. The van der Waals surface area contributed by atoms with E-state index < -0.39 is 116 Å². The van der Waals surface area contributed by atoms with Crippen LogP contribution in [0.5, 0.6) is 5.75 Å². The number of piperazine rings is 1. The molecule has 10 rings (SSSR count). The van der Waals surface area contributed by atoms with Crippen LogP contribution in [-0.2, 0) is 54.4 Å². The summed E-state index contributed by atoms with van der Waals surface area (Å²) in [4.78, 5) is 13.0. The van der Waals surface area contributed by atoms with Crippen LogP contribution in [0, 0.1) is 0 Å². The number of nitrogens with zero attached hydrogens (tertiary/aromatic N) is 9. The Balaban J connectivity index is 0.752. The summed E-state index contributed by atoms with van der Waals surface area (Å²) >= 11 is 0. The number of aliphatic hydroxyl groups excluding tert-OH is 6. The topological polar surface area (TPSA) is 439 Å². The van der Waals surface area contributed by atoms with Crippen LogP contribution in [0.15, 0.2) is 54.9 Å². The predicted molar refractivity (Wildman–Crippen MR) is 275 cm³/mol. The minimum atomic E-state index is -1.63. The molecular formula is C49H74N16O13. The van der Waals surface area contributed by atoms with Crippen LogP contribution in [-0.4, -0.2) is 245 Å². The molecule has 0 amide bonds. The Kier molecular flexibility index (Phi) is 17.6. The number of aromatic nitrogens is 8. The Bertz CT molecular complexity index is 2710. The smallest absolute Gasteiger partial charge is 0.187 e. The zero-order valence-corrected chi connectivity index (χ0v) is 43.2. The fourth-order valence-corrected chi connectivity index (χ4v) is 10.6. The first kappa shape index (κ1) is 56.3. The number of aliphatic hydroxyl groups is 6. The highest BCUT2D eigenvalue weighted by atomic mass is 16.8. The standard InChI is InChI=1S/C49H74N16O13/c1-62-10-12-63(13-11-62)26-6-9-30-31(16-26)57-46(56-30)23-2-7-27(8-3-23)72-15-14-64-20-24(58-60-64)4-5-25-21-65(61-59-25)22-34-44(77-48-36(55)41(70)39(68)33(19-51)74-48)42(71)49(75-34)78-45-37(66)28(52)17-29(53)43(45)76-47-35(54)40(69)38(67)32(18-50)73-47/h2-3,6-9,16,20-21,28-29,32-45,47-49,66-71H,4-5,10-15,17-19,22,50-55H2,1H3,(H,56,57)/t28-,29+,32-,33+,34-,35-,36-,37+,38-,39-,40-,41-,42-,43-,44-,45-,47-,48-,49+/m1/s1. The lowest BCUT2D eigenvalue weighted by atomic mass is 9.84. The van der Waals surface area contributed by atoms with Crippen LogP contribution in [0.25, 0.3) is 22.4 Å². The van der Waals surface area contributed by atoms with Gasteiger partial charge in [0.15, 0.2) is 18.9 Å². The van der Waals surface area contributed by atoms with Gasteiger partial charge in [-0.05, 0) is 68.8 Å². The monoisotopic (exact) mass is 1090 g/mol. The maximum absolute atomic E-state index is 11.9. The van der Waals surface area contributed by atoms with Crippen molar-refractivity contribution in [3.63, 3.8) is 0 Å². The van der Waals surface area contributed by atoms with Crippen LogP contribution in [0.4, 0.5) is 5.69 Å². The van der Waals surface area contributed by atoms with Crippen molar-refractivity contribution in [3.05, 3.63) is 66.2 Å². The minimum Gasteiger partial charge on any atom is -0.492 e. The second-order valence-electron chi connectivity index (χ2n) is 20.9. The molecule has 0 radical (unpaired) electrons. The summed E-state index contributed by atoms with van der Waals surface area (Å²) in [5.74, 6) is 1.49. The van der Waals surface area contributed by atoms with Crippen LogP contribution < -0.4 is 44.0 Å². The molecule has 78 heavy (non-hydrogen) atoms. The minimum absolute atomic E-state index is 0.0678. The first-order valence-corrected chi connectivity index (χ1v) is 26.4. The van der Waals surface area contributed by atoms with Gasteiger partial charge in [0.1, 0.15) is 85.3 Å². The van der Waals surface area contributed by atoms with Gasteiger partial charge < -0.3 is 113 Å². The van der Waals surface area contributed by atoms with Gasteiger partial charge >= 0.3 is 0 Å². The van der Waals surface area contributed by atoms with Gasteiger partial charge in [0.05, 0.1) is 53.7 Å². The van der Waals surface area contributed by atoms with E-state index in [1.54, 1.807) is 10.9 Å². The van der Waals surface area contributed by atoms with E-state index in [9.17, 15) is 30.6 Å². The Morgan fingerprint density at radius 2 is 1.23 bits per heavy atom. The van der Waals surface area contributed by atoms with Crippen LogP contribution in [0.1, 0.15) is 17.8 Å². The van der Waals surface area contributed by atoms with E-state index in [2.05, 4.69) is 60.7 Å². The van der Waals surface area contributed by atoms with Crippen molar-refractivity contribution in [3.8, 4) is 17.1 Å². The number of nitrogens with two attached hydrogens (primary N) is 6. The van der Waals surface area contributed by atoms with E-state index in [4.69, 9.17) is 72.5 Å². The third-order valence-electron chi connectivity index (χ3n) is 15.4. The Labute approximate surface area is 448 Å². The van der Waals surface area contributed by atoms with E-state index in [1.165, 1.54) is 10.4 Å². The molecule has 29 nitrogen and oxygen atoms in total. The van der Waals surface area contributed by atoms with Gasteiger partial charge in [0, 0.05) is 75.0 Å². The largest absolute Gasteiger partial charge is 0.492 e.